The summed E-state index contributed by atoms with van der Waals surface area (Å²) in [5, 5.41) is 3.08. The number of nitrogens with one attached hydrogen (secondary N) is 1. The average molecular weight is 387 g/mol. The lowest BCUT2D eigenvalue weighted by atomic mass is 10.1. The van der Waals surface area contributed by atoms with E-state index in [-0.39, 0.29) is 5.82 Å². The van der Waals surface area contributed by atoms with Gasteiger partial charge in [0, 0.05) is 15.8 Å². The predicted octanol–water partition coefficient (Wildman–Crippen LogP) is 4.54. The van der Waals surface area contributed by atoms with E-state index in [0.29, 0.717) is 32.0 Å². The van der Waals surface area contributed by atoms with Gasteiger partial charge < -0.3 is 14.8 Å². The van der Waals surface area contributed by atoms with Crippen molar-refractivity contribution in [1.82, 2.24) is 0 Å². The van der Waals surface area contributed by atoms with Crippen molar-refractivity contribution in [3.63, 3.8) is 0 Å². The fourth-order valence-electron chi connectivity index (χ4n) is 2.63. The van der Waals surface area contributed by atoms with Crippen LogP contribution in [0.2, 0.25) is 0 Å². The molecule has 3 aromatic rings. The fraction of sp³-hybridized carbons (Fsp3) is 0.200. The van der Waals surface area contributed by atoms with Crippen LogP contribution in [0.25, 0.3) is 10.1 Å². The smallest absolute Gasteiger partial charge is 0.349 e. The molecule has 3 rings (SSSR count). The average Bonchev–Trinajstić information content (AvgIpc) is 3.00. The second-order valence-corrected chi connectivity index (χ2v) is 6.99. The Balaban J connectivity index is 1.70. The molecule has 0 aliphatic rings. The van der Waals surface area contributed by atoms with Crippen LogP contribution in [0.1, 0.15) is 22.2 Å². The van der Waals surface area contributed by atoms with Crippen LogP contribution in [0, 0.1) is 12.7 Å². The number of esters is 1. The second-order valence-electron chi connectivity index (χ2n) is 5.93. The summed E-state index contributed by atoms with van der Waals surface area (Å²) < 4.78 is 25.0. The highest BCUT2D eigenvalue weighted by Gasteiger charge is 2.23. The van der Waals surface area contributed by atoms with E-state index < -0.39 is 18.0 Å². The van der Waals surface area contributed by atoms with Gasteiger partial charge in [-0.05, 0) is 55.8 Å². The third-order valence-electron chi connectivity index (χ3n) is 4.10. The van der Waals surface area contributed by atoms with E-state index in [4.69, 9.17) is 9.47 Å². The molecule has 0 bridgehead atoms. The number of thiophene rings is 1. The van der Waals surface area contributed by atoms with Crippen molar-refractivity contribution in [3.8, 4) is 5.75 Å². The normalized spacial score (nSPS) is 11.9. The largest absolute Gasteiger partial charge is 0.497 e. The number of anilines is 1. The number of fused-ring (bicyclic) bond motifs is 1. The molecule has 140 valence electrons. The van der Waals surface area contributed by atoms with E-state index in [0.717, 1.165) is 11.3 Å². The zero-order valence-corrected chi connectivity index (χ0v) is 15.9. The molecule has 0 spiro atoms. The standard InChI is InChI=1S/C20H18FNO4S/c1-11-17-15(21)5-4-6-16(17)27-18(11)20(24)26-12(2)19(23)22-13-7-9-14(25-3)10-8-13/h4-10,12H,1-3H3,(H,22,23)/t12-/m1/s1. The lowest BCUT2D eigenvalue weighted by Gasteiger charge is -2.13. The molecular formula is C20H18FNO4S. The SMILES string of the molecule is COc1ccc(NC(=O)[C@@H](C)OC(=O)c2sc3cccc(F)c3c2C)cc1. The zero-order valence-electron chi connectivity index (χ0n) is 15.0. The van der Waals surface area contributed by atoms with Crippen LogP contribution in [0.5, 0.6) is 5.75 Å². The third kappa shape index (κ3) is 3.93. The minimum absolute atomic E-state index is 0.291. The minimum atomic E-state index is -1.01. The Morgan fingerprint density at radius 3 is 2.48 bits per heavy atom. The monoisotopic (exact) mass is 387 g/mol. The minimum Gasteiger partial charge on any atom is -0.497 e. The molecule has 0 radical (unpaired) electrons. The fourth-order valence-corrected chi connectivity index (χ4v) is 3.74. The van der Waals surface area contributed by atoms with Gasteiger partial charge in [-0.25, -0.2) is 9.18 Å². The summed E-state index contributed by atoms with van der Waals surface area (Å²) >= 11 is 1.15. The molecule has 5 nitrogen and oxygen atoms in total. The number of aryl methyl sites for hydroxylation is 1. The van der Waals surface area contributed by atoms with Gasteiger partial charge in [-0.3, -0.25) is 4.79 Å². The quantitative estimate of drug-likeness (QED) is 0.653. The highest BCUT2D eigenvalue weighted by molar-refractivity contribution is 7.21. The van der Waals surface area contributed by atoms with E-state index in [2.05, 4.69) is 5.32 Å². The van der Waals surface area contributed by atoms with E-state index >= 15 is 0 Å². The Morgan fingerprint density at radius 1 is 1.15 bits per heavy atom. The van der Waals surface area contributed by atoms with Gasteiger partial charge in [-0.1, -0.05) is 6.07 Å². The van der Waals surface area contributed by atoms with E-state index in [9.17, 15) is 14.0 Å². The number of ether oxygens (including phenoxy) is 2. The molecule has 0 aliphatic heterocycles. The molecule has 1 N–H and O–H groups in total. The number of hydrogen-bond acceptors (Lipinski definition) is 5. The number of benzene rings is 2. The van der Waals surface area contributed by atoms with Gasteiger partial charge in [0.05, 0.1) is 7.11 Å². The molecule has 1 amide bonds. The van der Waals surface area contributed by atoms with Gasteiger partial charge in [0.25, 0.3) is 5.91 Å². The van der Waals surface area contributed by atoms with Crippen molar-refractivity contribution in [2.75, 3.05) is 12.4 Å². The lowest BCUT2D eigenvalue weighted by molar-refractivity contribution is -0.123. The first-order chi connectivity index (χ1) is 12.9. The maximum absolute atomic E-state index is 14.0. The summed E-state index contributed by atoms with van der Waals surface area (Å²) in [6, 6.07) is 11.5. The zero-order chi connectivity index (χ0) is 19.6. The molecule has 7 heteroatoms. The Kier molecular flexibility index (Phi) is 5.41. The van der Waals surface area contributed by atoms with Crippen LogP contribution in [-0.4, -0.2) is 25.1 Å². The van der Waals surface area contributed by atoms with Gasteiger partial charge in [0.1, 0.15) is 16.4 Å². The molecule has 2 aromatic carbocycles. The van der Waals surface area contributed by atoms with Gasteiger partial charge in [-0.2, -0.15) is 0 Å². The van der Waals surface area contributed by atoms with Crippen LogP contribution < -0.4 is 10.1 Å². The summed E-state index contributed by atoms with van der Waals surface area (Å²) in [6.45, 7) is 3.15. The number of halogens is 1. The maximum Gasteiger partial charge on any atom is 0.349 e. The lowest BCUT2D eigenvalue weighted by Crippen LogP contribution is -2.29. The van der Waals surface area contributed by atoms with E-state index in [1.807, 2.05) is 0 Å². The topological polar surface area (TPSA) is 64.6 Å². The molecule has 0 saturated heterocycles. The van der Waals surface area contributed by atoms with Gasteiger partial charge in [-0.15, -0.1) is 11.3 Å². The maximum atomic E-state index is 14.0. The molecule has 1 aromatic heterocycles. The molecule has 0 unspecified atom stereocenters. The van der Waals surface area contributed by atoms with Crippen LogP contribution in [0.15, 0.2) is 42.5 Å². The second kappa shape index (κ2) is 7.75. The summed E-state index contributed by atoms with van der Waals surface area (Å²) in [7, 11) is 1.55. The van der Waals surface area contributed by atoms with Crippen molar-refractivity contribution < 1.29 is 23.5 Å². The molecule has 0 fully saturated rings. The summed E-state index contributed by atoms with van der Waals surface area (Å²) in [6.07, 6.45) is -1.01. The van der Waals surface area contributed by atoms with Gasteiger partial charge >= 0.3 is 5.97 Å². The first-order valence-corrected chi connectivity index (χ1v) is 9.06. The third-order valence-corrected chi connectivity index (χ3v) is 5.34. The molecule has 1 heterocycles. The molecular weight excluding hydrogens is 369 g/mol. The van der Waals surface area contributed by atoms with Crippen molar-refractivity contribution >= 4 is 39.0 Å². The van der Waals surface area contributed by atoms with Crippen molar-refractivity contribution in [3.05, 3.63) is 58.7 Å². The van der Waals surface area contributed by atoms with Crippen molar-refractivity contribution in [2.45, 2.75) is 20.0 Å². The highest BCUT2D eigenvalue weighted by Crippen LogP contribution is 2.33. The summed E-state index contributed by atoms with van der Waals surface area (Å²) in [5.41, 5.74) is 1.07. The number of hydrogen-bond donors (Lipinski definition) is 1. The van der Waals surface area contributed by atoms with E-state index in [1.165, 1.54) is 13.0 Å². The van der Waals surface area contributed by atoms with Crippen LogP contribution in [0.4, 0.5) is 10.1 Å². The Labute approximate surface area is 159 Å². The van der Waals surface area contributed by atoms with Gasteiger partial charge in [0.15, 0.2) is 6.10 Å². The number of carbonyl (C=O) groups is 2. The first kappa shape index (κ1) is 18.8. The molecule has 0 saturated carbocycles. The van der Waals surface area contributed by atoms with Crippen LogP contribution >= 0.6 is 11.3 Å². The van der Waals surface area contributed by atoms with E-state index in [1.54, 1.807) is 50.4 Å². The summed E-state index contributed by atoms with van der Waals surface area (Å²) in [4.78, 5) is 25.0. The van der Waals surface area contributed by atoms with Crippen molar-refractivity contribution in [1.29, 1.82) is 0 Å². The van der Waals surface area contributed by atoms with Crippen LogP contribution in [0.3, 0.4) is 0 Å². The number of amides is 1. The Hall–Kier alpha value is -2.93. The Morgan fingerprint density at radius 2 is 1.85 bits per heavy atom. The molecule has 1 atom stereocenters. The van der Waals surface area contributed by atoms with Gasteiger partial charge in [0.2, 0.25) is 0 Å². The van der Waals surface area contributed by atoms with Crippen molar-refractivity contribution in [2.24, 2.45) is 0 Å². The molecule has 27 heavy (non-hydrogen) atoms. The first-order valence-electron chi connectivity index (χ1n) is 8.24. The number of carbonyl (C=O) groups excluding carboxylic acids is 2. The number of rotatable bonds is 5. The number of methoxy groups -OCH3 is 1. The highest BCUT2D eigenvalue weighted by atomic mass is 32.1. The predicted molar refractivity (Wildman–Crippen MR) is 103 cm³/mol. The van der Waals surface area contributed by atoms with Crippen LogP contribution in [-0.2, 0) is 9.53 Å². The summed E-state index contributed by atoms with van der Waals surface area (Å²) in [5.74, 6) is -0.825. The Bertz CT molecular complexity index is 997. The molecule has 0 aliphatic carbocycles.